The molecule has 2 aliphatic rings. The first-order valence-electron chi connectivity index (χ1n) is 12.9. The van der Waals surface area contributed by atoms with Gasteiger partial charge in [-0.1, -0.05) is 40.0 Å². The lowest BCUT2D eigenvalue weighted by Crippen LogP contribution is -2.45. The Bertz CT molecular complexity index is 996. The number of hydrogen-bond acceptors (Lipinski definition) is 8. The number of rotatable bonds is 9. The molecule has 37 heavy (non-hydrogen) atoms. The summed E-state index contributed by atoms with van der Waals surface area (Å²) in [6, 6.07) is 2.47. The third kappa shape index (κ3) is 6.77. The number of aromatic nitrogens is 1. The molecule has 3 rings (SSSR count). The van der Waals surface area contributed by atoms with E-state index in [2.05, 4.69) is 9.98 Å². The smallest absolute Gasteiger partial charge is 0.323 e. The van der Waals surface area contributed by atoms with E-state index in [1.165, 1.54) is 6.42 Å². The maximum absolute atomic E-state index is 12.9. The van der Waals surface area contributed by atoms with Gasteiger partial charge in [0.2, 0.25) is 0 Å². The van der Waals surface area contributed by atoms with Crippen molar-refractivity contribution in [3.8, 4) is 0 Å². The van der Waals surface area contributed by atoms with Gasteiger partial charge in [-0.2, -0.15) is 0 Å². The highest BCUT2D eigenvalue weighted by Gasteiger charge is 2.56. The molecule has 0 unspecified atom stereocenters. The van der Waals surface area contributed by atoms with Gasteiger partial charge >= 0.3 is 11.9 Å². The fraction of sp³-hybridized carbons (Fsp3) is 0.692. The van der Waals surface area contributed by atoms with E-state index in [9.17, 15) is 14.7 Å². The maximum Gasteiger partial charge on any atom is 0.323 e. The van der Waals surface area contributed by atoms with E-state index in [4.69, 9.17) is 31.1 Å². The van der Waals surface area contributed by atoms with Crippen molar-refractivity contribution in [1.29, 1.82) is 5.41 Å². The Balaban J connectivity index is 1.80. The number of hydrogen-bond donors (Lipinski definition) is 5. The molecule has 7 N–H and O–H groups in total. The van der Waals surface area contributed by atoms with E-state index in [1.807, 2.05) is 20.8 Å². The van der Waals surface area contributed by atoms with Gasteiger partial charge in [0, 0.05) is 6.42 Å². The van der Waals surface area contributed by atoms with Crippen LogP contribution < -0.4 is 11.5 Å². The summed E-state index contributed by atoms with van der Waals surface area (Å²) >= 11 is 0. The second-order valence-electron chi connectivity index (χ2n) is 11.3. The molecule has 1 aliphatic heterocycles. The van der Waals surface area contributed by atoms with Crippen LogP contribution in [0.1, 0.15) is 77.6 Å². The molecule has 0 spiro atoms. The molecule has 1 aliphatic carbocycles. The Morgan fingerprint density at radius 2 is 2.00 bits per heavy atom. The number of ether oxygens (including phenoxy) is 3. The van der Waals surface area contributed by atoms with Crippen molar-refractivity contribution in [2.75, 3.05) is 6.61 Å². The van der Waals surface area contributed by atoms with Crippen LogP contribution in [0.2, 0.25) is 0 Å². The average Bonchev–Trinajstić information content (AvgIpc) is 3.43. The fourth-order valence-electron chi connectivity index (χ4n) is 4.87. The van der Waals surface area contributed by atoms with Crippen molar-refractivity contribution in [2.24, 2.45) is 27.8 Å². The molecule has 0 aromatic carbocycles. The monoisotopic (exact) mass is 519 g/mol. The van der Waals surface area contributed by atoms with Gasteiger partial charge in [-0.15, -0.1) is 0 Å². The average molecular weight is 520 g/mol. The predicted octanol–water partition coefficient (Wildman–Crippen LogP) is 2.10. The summed E-state index contributed by atoms with van der Waals surface area (Å²) in [6.45, 7) is 6.90. The zero-order valence-electron chi connectivity index (χ0n) is 22.2. The van der Waals surface area contributed by atoms with E-state index in [-0.39, 0.29) is 24.8 Å². The SMILES string of the molecule is CC(C)(C)[C@H](N)C(=O)OC[C@H]1O[C@@](C)(c2ccc(/C(N)=N\C=N)[nH]2)[C@H](O)[C@@H]1OC(=O)CC1CCCCC1. The van der Waals surface area contributed by atoms with Crippen molar-refractivity contribution in [3.63, 3.8) is 0 Å². The number of esters is 2. The van der Waals surface area contributed by atoms with Gasteiger partial charge in [0.25, 0.3) is 0 Å². The Labute approximate surface area is 217 Å². The lowest BCUT2D eigenvalue weighted by molar-refractivity contribution is -0.162. The quantitative estimate of drug-likeness (QED) is 0.186. The molecule has 1 aromatic heterocycles. The van der Waals surface area contributed by atoms with E-state index in [1.54, 1.807) is 19.1 Å². The molecular weight excluding hydrogens is 478 g/mol. The molecule has 11 nitrogen and oxygen atoms in total. The lowest BCUT2D eigenvalue weighted by atomic mass is 9.87. The summed E-state index contributed by atoms with van der Waals surface area (Å²) in [5, 5.41) is 18.5. The number of aromatic amines is 1. The van der Waals surface area contributed by atoms with Crippen molar-refractivity contribution in [2.45, 2.75) is 96.2 Å². The summed E-state index contributed by atoms with van der Waals surface area (Å²) in [7, 11) is 0. The van der Waals surface area contributed by atoms with E-state index in [0.29, 0.717) is 11.4 Å². The molecule has 1 saturated heterocycles. The molecule has 0 amide bonds. The Kier molecular flexibility index (Phi) is 9.14. The summed E-state index contributed by atoms with van der Waals surface area (Å²) in [5.74, 6) is -0.671. The van der Waals surface area contributed by atoms with Crippen LogP contribution in [-0.4, -0.2) is 65.2 Å². The Hall–Kier alpha value is -2.76. The van der Waals surface area contributed by atoms with Crippen LogP contribution in [0.4, 0.5) is 0 Å². The molecule has 206 valence electrons. The second kappa shape index (κ2) is 11.7. The van der Waals surface area contributed by atoms with Crippen LogP contribution in [0.3, 0.4) is 0 Å². The molecule has 2 fully saturated rings. The number of nitrogens with one attached hydrogen (secondary N) is 2. The van der Waals surface area contributed by atoms with Crippen LogP contribution in [-0.2, 0) is 29.4 Å². The number of aliphatic hydroxyl groups excluding tert-OH is 1. The first-order chi connectivity index (χ1) is 17.4. The minimum atomic E-state index is -1.33. The largest absolute Gasteiger partial charge is 0.462 e. The highest BCUT2D eigenvalue weighted by atomic mass is 16.6. The topological polar surface area (TPSA) is 186 Å². The number of aliphatic imine (C=N–C) groups is 1. The normalized spacial score (nSPS) is 28.1. The molecular formula is C26H41N5O6. The molecule has 1 aromatic rings. The van der Waals surface area contributed by atoms with Gasteiger partial charge < -0.3 is 35.8 Å². The number of nitrogens with zero attached hydrogens (tertiary/aromatic N) is 1. The maximum atomic E-state index is 12.9. The standard InChI is InChI=1S/C26H41N5O6/c1-25(2,3)21(28)24(34)35-13-17-20(36-19(32)12-15-8-6-5-7-9-15)22(33)26(4,37-17)18-11-10-16(31-18)23(29)30-14-27/h10-11,14-15,17,20-22,31,33H,5-9,12-13,28H2,1-4H3,(H3,27,29,30)/t17-,20-,21-,22-,26+/m1/s1. The fourth-order valence-corrected chi connectivity index (χ4v) is 4.87. The third-order valence-electron chi connectivity index (χ3n) is 7.36. The van der Waals surface area contributed by atoms with Crippen molar-refractivity contribution in [1.82, 2.24) is 4.98 Å². The highest BCUT2D eigenvalue weighted by Crippen LogP contribution is 2.41. The van der Waals surface area contributed by atoms with E-state index < -0.39 is 47.3 Å². The van der Waals surface area contributed by atoms with Crippen LogP contribution in [0.5, 0.6) is 0 Å². The molecule has 1 saturated carbocycles. The van der Waals surface area contributed by atoms with Gasteiger partial charge in [-0.25, -0.2) is 4.99 Å². The van der Waals surface area contributed by atoms with Crippen LogP contribution >= 0.6 is 0 Å². The molecule has 2 heterocycles. The number of carbonyl (C=O) groups excluding carboxylic acids is 2. The van der Waals surface area contributed by atoms with Crippen molar-refractivity contribution >= 4 is 24.1 Å². The first kappa shape index (κ1) is 28.8. The highest BCUT2D eigenvalue weighted by molar-refractivity contribution is 5.99. The zero-order chi connectivity index (χ0) is 27.4. The van der Waals surface area contributed by atoms with Crippen molar-refractivity contribution in [3.05, 3.63) is 23.5 Å². The van der Waals surface area contributed by atoms with Gasteiger partial charge in [0.05, 0.1) is 11.4 Å². The first-order valence-corrected chi connectivity index (χ1v) is 12.9. The van der Waals surface area contributed by atoms with Gasteiger partial charge in [-0.3, -0.25) is 15.0 Å². The summed E-state index contributed by atoms with van der Waals surface area (Å²) < 4.78 is 17.5. The minimum absolute atomic E-state index is 0.0921. The van der Waals surface area contributed by atoms with Crippen LogP contribution in [0.15, 0.2) is 17.1 Å². The minimum Gasteiger partial charge on any atom is -0.462 e. The second-order valence-corrected chi connectivity index (χ2v) is 11.3. The van der Waals surface area contributed by atoms with Gasteiger partial charge in [0.15, 0.2) is 6.10 Å². The van der Waals surface area contributed by atoms with E-state index in [0.717, 1.165) is 32.0 Å². The number of amidine groups is 1. The zero-order valence-corrected chi connectivity index (χ0v) is 22.2. The molecule has 0 radical (unpaired) electrons. The van der Waals surface area contributed by atoms with E-state index >= 15 is 0 Å². The summed E-state index contributed by atoms with van der Waals surface area (Å²) in [6.07, 6.45) is 3.15. The Morgan fingerprint density at radius 3 is 2.62 bits per heavy atom. The Morgan fingerprint density at radius 1 is 1.32 bits per heavy atom. The predicted molar refractivity (Wildman–Crippen MR) is 138 cm³/mol. The van der Waals surface area contributed by atoms with Gasteiger partial charge in [-0.05, 0) is 43.2 Å². The van der Waals surface area contributed by atoms with Crippen molar-refractivity contribution < 1.29 is 28.9 Å². The number of nitrogens with two attached hydrogens (primary N) is 2. The molecule has 5 atom stereocenters. The number of carbonyl (C=O) groups is 2. The van der Waals surface area contributed by atoms with Crippen LogP contribution in [0.25, 0.3) is 0 Å². The lowest BCUT2D eigenvalue weighted by Gasteiger charge is -2.27. The van der Waals surface area contributed by atoms with Crippen LogP contribution in [0, 0.1) is 16.7 Å². The number of aliphatic hydroxyl groups is 1. The summed E-state index contributed by atoms with van der Waals surface area (Å²) in [4.78, 5) is 32.2. The molecule has 11 heteroatoms. The summed E-state index contributed by atoms with van der Waals surface area (Å²) in [5.41, 5.74) is 11.0. The molecule has 0 bridgehead atoms. The number of H-pyrrole nitrogens is 1. The van der Waals surface area contributed by atoms with Gasteiger partial charge in [0.1, 0.15) is 42.6 Å². The third-order valence-corrected chi connectivity index (χ3v) is 7.36.